The van der Waals surface area contributed by atoms with Crippen LogP contribution in [0.5, 0.6) is 5.75 Å². The van der Waals surface area contributed by atoms with Crippen molar-refractivity contribution in [1.29, 1.82) is 0 Å². The van der Waals surface area contributed by atoms with Crippen LogP contribution in [0.4, 0.5) is 5.69 Å². The molecule has 33 heavy (non-hydrogen) atoms. The summed E-state index contributed by atoms with van der Waals surface area (Å²) in [4.78, 5) is 7.28. The molecule has 0 spiro atoms. The second-order valence-corrected chi connectivity index (χ2v) is 9.59. The molecular weight excluding hydrogens is 432 g/mol. The van der Waals surface area contributed by atoms with Crippen LogP contribution >= 0.6 is 11.3 Å². The lowest BCUT2D eigenvalue weighted by Gasteiger charge is -2.27. The van der Waals surface area contributed by atoms with E-state index < -0.39 is 0 Å². The van der Waals surface area contributed by atoms with E-state index in [1.54, 1.807) is 17.7 Å². The average Bonchev–Trinajstić information content (AvgIpc) is 3.51. The number of hydrogen-bond donors (Lipinski definition) is 3. The molecule has 0 bridgehead atoms. The van der Waals surface area contributed by atoms with E-state index in [0.29, 0.717) is 17.5 Å². The van der Waals surface area contributed by atoms with Crippen molar-refractivity contribution in [1.82, 2.24) is 25.5 Å². The number of nitrogens with one attached hydrogen (secondary N) is 2. The summed E-state index contributed by atoms with van der Waals surface area (Å²) >= 11 is 1.60. The van der Waals surface area contributed by atoms with Crippen LogP contribution in [0.1, 0.15) is 49.6 Å². The van der Waals surface area contributed by atoms with Crippen LogP contribution < -0.4 is 15.8 Å². The first-order chi connectivity index (χ1) is 16.1. The number of benzene rings is 2. The Kier molecular flexibility index (Phi) is 6.11. The van der Waals surface area contributed by atoms with E-state index in [-0.39, 0.29) is 6.10 Å². The molecule has 0 aliphatic heterocycles. The highest BCUT2D eigenvalue weighted by molar-refractivity contribution is 7.17. The predicted octanol–water partition coefficient (Wildman–Crippen LogP) is 5.13. The zero-order valence-corrected chi connectivity index (χ0v) is 19.7. The third-order valence-corrected chi connectivity index (χ3v) is 6.88. The number of H-pyrrole nitrogens is 1. The van der Waals surface area contributed by atoms with Gasteiger partial charge < -0.3 is 20.8 Å². The minimum absolute atomic E-state index is 0.0772. The van der Waals surface area contributed by atoms with Crippen LogP contribution in [0.25, 0.3) is 21.1 Å². The van der Waals surface area contributed by atoms with E-state index in [1.165, 1.54) is 16.7 Å². The van der Waals surface area contributed by atoms with Crippen molar-refractivity contribution in [2.45, 2.75) is 51.8 Å². The normalized spacial score (nSPS) is 15.5. The molecule has 7 nitrogen and oxygen atoms in total. The monoisotopic (exact) mass is 460 g/mol. The molecule has 0 saturated carbocycles. The van der Waals surface area contributed by atoms with Gasteiger partial charge in [0.1, 0.15) is 15.8 Å². The van der Waals surface area contributed by atoms with E-state index >= 15 is 0 Å². The van der Waals surface area contributed by atoms with Gasteiger partial charge in [-0.2, -0.15) is 0 Å². The van der Waals surface area contributed by atoms with Gasteiger partial charge in [0, 0.05) is 35.6 Å². The maximum absolute atomic E-state index is 6.21. The molecule has 0 amide bonds. The Hall–Kier alpha value is -3.23. The molecule has 2 aromatic carbocycles. The van der Waals surface area contributed by atoms with E-state index in [0.717, 1.165) is 47.1 Å². The lowest BCUT2D eigenvalue weighted by molar-refractivity contribution is 0.244. The highest BCUT2D eigenvalue weighted by Crippen LogP contribution is 2.39. The number of ether oxygens (including phenoxy) is 1. The van der Waals surface area contributed by atoms with Crippen LogP contribution in [0.15, 0.2) is 48.9 Å². The molecule has 170 valence electrons. The fraction of sp³-hybridized carbons (Fsp3) is 0.320. The number of aromatic nitrogens is 4. The number of imidazole rings is 1. The molecular formula is C25H28N6OS. The smallest absolute Gasteiger partial charge is 0.148 e. The van der Waals surface area contributed by atoms with Gasteiger partial charge in [0.15, 0.2) is 0 Å². The zero-order chi connectivity index (χ0) is 22.8. The summed E-state index contributed by atoms with van der Waals surface area (Å²) in [5, 5.41) is 14.5. The van der Waals surface area contributed by atoms with E-state index in [9.17, 15) is 0 Å². The van der Waals surface area contributed by atoms with Gasteiger partial charge in [0.25, 0.3) is 0 Å². The number of rotatable bonds is 7. The van der Waals surface area contributed by atoms with Crippen LogP contribution in [-0.2, 0) is 13.0 Å². The van der Waals surface area contributed by atoms with E-state index in [4.69, 9.17) is 10.5 Å². The first-order valence-corrected chi connectivity index (χ1v) is 12.1. The van der Waals surface area contributed by atoms with Gasteiger partial charge in [-0.15, -0.1) is 10.2 Å². The standard InChI is InChI=1S/C25H28N6OS/c1-15(2)32-23-10-9-16(11-21(23)26)24-30-31-25(33-24)20-7-3-6-19-18(20)5-4-8-22(19)28-13-17-12-27-14-29-17/h3,6-7,9-12,14-15,22,28H,4-5,8,13,26H2,1-2H3,(H,27,29). The first-order valence-electron chi connectivity index (χ1n) is 11.3. The van der Waals surface area contributed by atoms with E-state index in [1.807, 2.05) is 38.2 Å². The maximum Gasteiger partial charge on any atom is 0.148 e. The third kappa shape index (κ3) is 4.62. The van der Waals surface area contributed by atoms with Gasteiger partial charge in [0.2, 0.25) is 0 Å². The molecule has 1 aliphatic rings. The van der Waals surface area contributed by atoms with Crippen molar-refractivity contribution >= 4 is 17.0 Å². The van der Waals surface area contributed by atoms with Crippen molar-refractivity contribution < 1.29 is 4.74 Å². The summed E-state index contributed by atoms with van der Waals surface area (Å²) in [6.45, 7) is 4.75. The number of aromatic amines is 1. The van der Waals surface area contributed by atoms with Crippen LogP contribution in [0, 0.1) is 0 Å². The average molecular weight is 461 g/mol. The molecule has 1 atom stereocenters. The zero-order valence-electron chi connectivity index (χ0n) is 18.8. The fourth-order valence-electron chi connectivity index (χ4n) is 4.37. The molecule has 5 rings (SSSR count). The van der Waals surface area contributed by atoms with Gasteiger partial charge in [0.05, 0.1) is 18.1 Å². The summed E-state index contributed by atoms with van der Waals surface area (Å²) in [6, 6.07) is 12.7. The van der Waals surface area contributed by atoms with Crippen LogP contribution in [-0.4, -0.2) is 26.3 Å². The van der Waals surface area contributed by atoms with Crippen molar-refractivity contribution in [3.05, 3.63) is 65.7 Å². The van der Waals surface area contributed by atoms with Crippen molar-refractivity contribution in [2.75, 3.05) is 5.73 Å². The summed E-state index contributed by atoms with van der Waals surface area (Å²) < 4.78 is 5.76. The second kappa shape index (κ2) is 9.33. The molecule has 0 saturated heterocycles. The summed E-state index contributed by atoms with van der Waals surface area (Å²) in [5.41, 5.74) is 12.8. The molecule has 2 aromatic heterocycles. The SMILES string of the molecule is CC(C)Oc1ccc(-c2nnc(-c3cccc4c3CCCC4NCc3cnc[nH]3)s2)cc1N. The largest absolute Gasteiger partial charge is 0.489 e. The molecule has 8 heteroatoms. The van der Waals surface area contributed by atoms with Crippen LogP contribution in [0.2, 0.25) is 0 Å². The topological polar surface area (TPSA) is 102 Å². The Morgan fingerprint density at radius 1 is 1.21 bits per heavy atom. The molecule has 4 N–H and O–H groups in total. The molecule has 0 fully saturated rings. The molecule has 2 heterocycles. The molecule has 1 aliphatic carbocycles. The maximum atomic E-state index is 6.21. The Morgan fingerprint density at radius 3 is 2.88 bits per heavy atom. The Bertz CT molecular complexity index is 1230. The predicted molar refractivity (Wildman–Crippen MR) is 132 cm³/mol. The van der Waals surface area contributed by atoms with Crippen LogP contribution in [0.3, 0.4) is 0 Å². The number of anilines is 1. The Balaban J connectivity index is 1.40. The fourth-order valence-corrected chi connectivity index (χ4v) is 5.26. The summed E-state index contributed by atoms with van der Waals surface area (Å²) in [6.07, 6.45) is 6.98. The van der Waals surface area contributed by atoms with Crippen molar-refractivity contribution in [3.63, 3.8) is 0 Å². The summed E-state index contributed by atoms with van der Waals surface area (Å²) in [5.74, 6) is 0.698. The molecule has 0 radical (unpaired) electrons. The van der Waals surface area contributed by atoms with Gasteiger partial charge >= 0.3 is 0 Å². The third-order valence-electron chi connectivity index (χ3n) is 5.88. The molecule has 4 aromatic rings. The van der Waals surface area contributed by atoms with Gasteiger partial charge in [-0.25, -0.2) is 4.98 Å². The van der Waals surface area contributed by atoms with Crippen molar-refractivity contribution in [3.8, 4) is 26.9 Å². The van der Waals surface area contributed by atoms with Gasteiger partial charge in [-0.05, 0) is 62.4 Å². The summed E-state index contributed by atoms with van der Waals surface area (Å²) in [7, 11) is 0. The van der Waals surface area contributed by atoms with Gasteiger partial charge in [-0.3, -0.25) is 0 Å². The Morgan fingerprint density at radius 2 is 2.09 bits per heavy atom. The number of hydrogen-bond acceptors (Lipinski definition) is 7. The lowest BCUT2D eigenvalue weighted by Crippen LogP contribution is -2.25. The minimum Gasteiger partial charge on any atom is -0.489 e. The minimum atomic E-state index is 0.0772. The highest BCUT2D eigenvalue weighted by atomic mass is 32.1. The van der Waals surface area contributed by atoms with E-state index in [2.05, 4.69) is 43.7 Å². The van der Waals surface area contributed by atoms with Crippen molar-refractivity contribution in [2.24, 2.45) is 0 Å². The number of nitrogen functional groups attached to an aromatic ring is 1. The first kappa shape index (κ1) is 21.6. The lowest BCUT2D eigenvalue weighted by atomic mass is 9.85. The van der Waals surface area contributed by atoms with Gasteiger partial charge in [-0.1, -0.05) is 29.5 Å². The number of fused-ring (bicyclic) bond motifs is 1. The molecule has 1 unspecified atom stereocenters. The number of nitrogens with two attached hydrogens (primary N) is 1. The number of nitrogens with zero attached hydrogens (tertiary/aromatic N) is 3. The second-order valence-electron chi connectivity index (χ2n) is 8.61. The Labute approximate surface area is 197 Å². The highest BCUT2D eigenvalue weighted by Gasteiger charge is 2.24. The quantitative estimate of drug-likeness (QED) is 0.330.